The monoisotopic (exact) mass is 413 g/mol. The molecule has 0 aliphatic carbocycles. The number of sulfonamides is 1. The number of carbonyl (C=O) groups is 1. The molecule has 0 bridgehead atoms. The van der Waals surface area contributed by atoms with Gasteiger partial charge in [-0.1, -0.05) is 18.2 Å². The normalized spacial score (nSPS) is 17.4. The van der Waals surface area contributed by atoms with Gasteiger partial charge in [-0.2, -0.15) is 0 Å². The minimum Gasteiger partial charge on any atom is -0.336 e. The average Bonchev–Trinajstić information content (AvgIpc) is 3.08. The van der Waals surface area contributed by atoms with Crippen molar-refractivity contribution in [1.29, 1.82) is 0 Å². The third kappa shape index (κ3) is 5.07. The number of hydrogen-bond acceptors (Lipinski definition) is 5. The van der Waals surface area contributed by atoms with E-state index in [0.29, 0.717) is 19.6 Å². The molecule has 3 rings (SSSR count). The predicted octanol–water partition coefficient (Wildman–Crippen LogP) is 0.683. The fraction of sp³-hybridized carbons (Fsp3) is 0.412. The molecule has 2 aromatic rings. The molecule has 0 saturated carbocycles. The number of hydrogen-bond donors (Lipinski definition) is 2. The summed E-state index contributed by atoms with van der Waals surface area (Å²) >= 11 is 0. The topological polar surface area (TPSA) is 96.3 Å². The molecular weight excluding hydrogens is 390 g/mol. The molecule has 1 saturated heterocycles. The average molecular weight is 414 g/mol. The molecule has 1 aromatic heterocycles. The molecule has 1 fully saturated rings. The zero-order chi connectivity index (χ0) is 18.6. The summed E-state index contributed by atoms with van der Waals surface area (Å²) in [6, 6.07) is 7.98. The van der Waals surface area contributed by atoms with Gasteiger partial charge in [0.1, 0.15) is 11.9 Å². The lowest BCUT2D eigenvalue weighted by Crippen LogP contribution is -2.50. The fourth-order valence-corrected chi connectivity index (χ4v) is 4.10. The van der Waals surface area contributed by atoms with Crippen molar-refractivity contribution in [2.75, 3.05) is 26.2 Å². The summed E-state index contributed by atoms with van der Waals surface area (Å²) in [5.74, 6) is 0.727. The van der Waals surface area contributed by atoms with E-state index in [1.807, 2.05) is 17.8 Å². The number of piperazine rings is 1. The van der Waals surface area contributed by atoms with Crippen LogP contribution in [0.5, 0.6) is 0 Å². The Morgan fingerprint density at radius 1 is 1.33 bits per heavy atom. The van der Waals surface area contributed by atoms with Gasteiger partial charge in [0.05, 0.1) is 4.90 Å². The van der Waals surface area contributed by atoms with Gasteiger partial charge in [-0.25, -0.2) is 18.1 Å². The van der Waals surface area contributed by atoms with Crippen LogP contribution in [-0.2, 0) is 21.9 Å². The second-order valence-corrected chi connectivity index (χ2v) is 7.93. The van der Waals surface area contributed by atoms with Crippen molar-refractivity contribution < 1.29 is 13.2 Å². The van der Waals surface area contributed by atoms with E-state index in [2.05, 4.69) is 15.0 Å². The van der Waals surface area contributed by atoms with Crippen LogP contribution in [0.2, 0.25) is 0 Å². The molecule has 1 unspecified atom stereocenters. The van der Waals surface area contributed by atoms with Gasteiger partial charge in [0.25, 0.3) is 0 Å². The number of aryl methyl sites for hydroxylation is 1. The maximum Gasteiger partial charge on any atom is 0.240 e. The first-order valence-corrected chi connectivity index (χ1v) is 9.99. The van der Waals surface area contributed by atoms with Crippen LogP contribution in [0.4, 0.5) is 0 Å². The Morgan fingerprint density at radius 3 is 2.74 bits per heavy atom. The Morgan fingerprint density at radius 2 is 2.07 bits per heavy atom. The van der Waals surface area contributed by atoms with Gasteiger partial charge in [-0.05, 0) is 12.1 Å². The Bertz CT molecular complexity index is 856. The molecule has 1 aromatic carbocycles. The molecular formula is C17H24ClN5O3S. The first-order chi connectivity index (χ1) is 12.5. The minimum atomic E-state index is -3.60. The third-order valence-electron chi connectivity index (χ3n) is 4.40. The third-order valence-corrected chi connectivity index (χ3v) is 5.88. The van der Waals surface area contributed by atoms with E-state index in [-0.39, 0.29) is 42.2 Å². The first kappa shape index (κ1) is 21.4. The number of carbonyl (C=O) groups excluding carboxylic acids is 1. The highest BCUT2D eigenvalue weighted by Gasteiger charge is 2.30. The smallest absolute Gasteiger partial charge is 0.240 e. The van der Waals surface area contributed by atoms with Crippen LogP contribution in [0.25, 0.3) is 0 Å². The quantitative estimate of drug-likeness (QED) is 0.726. The van der Waals surface area contributed by atoms with E-state index in [0.717, 1.165) is 5.82 Å². The number of rotatable bonds is 6. The number of amides is 1. The van der Waals surface area contributed by atoms with Crippen molar-refractivity contribution in [3.05, 3.63) is 48.5 Å². The van der Waals surface area contributed by atoms with Crippen LogP contribution in [-0.4, -0.2) is 55.0 Å². The summed E-state index contributed by atoms with van der Waals surface area (Å²) in [4.78, 5) is 19.0. The van der Waals surface area contributed by atoms with E-state index in [4.69, 9.17) is 0 Å². The number of imidazole rings is 1. The van der Waals surface area contributed by atoms with E-state index in [9.17, 15) is 13.2 Å². The molecule has 27 heavy (non-hydrogen) atoms. The summed E-state index contributed by atoms with van der Waals surface area (Å²) < 4.78 is 28.8. The summed E-state index contributed by atoms with van der Waals surface area (Å²) in [5, 5.41) is 3.28. The Labute approximate surface area is 165 Å². The largest absolute Gasteiger partial charge is 0.336 e. The molecule has 1 amide bonds. The lowest BCUT2D eigenvalue weighted by molar-refractivity contribution is -0.134. The van der Waals surface area contributed by atoms with Gasteiger partial charge in [-0.3, -0.25) is 4.79 Å². The van der Waals surface area contributed by atoms with Crippen molar-refractivity contribution in [2.45, 2.75) is 17.4 Å². The van der Waals surface area contributed by atoms with E-state index in [1.165, 1.54) is 12.1 Å². The molecule has 2 heterocycles. The van der Waals surface area contributed by atoms with Gasteiger partial charge in [0, 0.05) is 52.0 Å². The van der Waals surface area contributed by atoms with E-state index in [1.54, 1.807) is 29.3 Å². The van der Waals surface area contributed by atoms with Crippen molar-refractivity contribution in [3.63, 3.8) is 0 Å². The van der Waals surface area contributed by atoms with Crippen LogP contribution < -0.4 is 10.0 Å². The molecule has 0 spiro atoms. The first-order valence-electron chi connectivity index (χ1n) is 8.51. The molecule has 1 atom stereocenters. The summed E-state index contributed by atoms with van der Waals surface area (Å²) in [7, 11) is -1.70. The van der Waals surface area contributed by atoms with E-state index >= 15 is 0 Å². The van der Waals surface area contributed by atoms with Crippen LogP contribution >= 0.6 is 12.4 Å². The van der Waals surface area contributed by atoms with Crippen molar-refractivity contribution in [2.24, 2.45) is 7.05 Å². The van der Waals surface area contributed by atoms with Gasteiger partial charge in [-0.15, -0.1) is 12.4 Å². The zero-order valence-corrected chi connectivity index (χ0v) is 16.7. The van der Waals surface area contributed by atoms with Gasteiger partial charge in [0.15, 0.2) is 0 Å². The second kappa shape index (κ2) is 9.32. The predicted molar refractivity (Wildman–Crippen MR) is 104 cm³/mol. The molecule has 148 valence electrons. The minimum absolute atomic E-state index is 0. The molecule has 8 nitrogen and oxygen atoms in total. The number of aromatic nitrogens is 2. The van der Waals surface area contributed by atoms with Gasteiger partial charge < -0.3 is 14.8 Å². The lowest BCUT2D eigenvalue weighted by atomic mass is 10.1. The summed E-state index contributed by atoms with van der Waals surface area (Å²) in [6.07, 6.45) is 3.66. The molecule has 2 N–H and O–H groups in total. The highest BCUT2D eigenvalue weighted by Crippen LogP contribution is 2.21. The van der Waals surface area contributed by atoms with Crippen LogP contribution in [0.1, 0.15) is 18.3 Å². The van der Waals surface area contributed by atoms with Crippen LogP contribution in [0.3, 0.4) is 0 Å². The molecule has 1 aliphatic heterocycles. The summed E-state index contributed by atoms with van der Waals surface area (Å²) in [5.41, 5.74) is 0. The second-order valence-electron chi connectivity index (χ2n) is 6.16. The highest BCUT2D eigenvalue weighted by molar-refractivity contribution is 7.89. The zero-order valence-electron chi connectivity index (χ0n) is 15.0. The van der Waals surface area contributed by atoms with Crippen molar-refractivity contribution in [1.82, 2.24) is 24.5 Å². The Balaban J connectivity index is 0.00000261. The standard InChI is InChI=1S/C17H23N5O3S.ClH/c1-21-11-10-19-17(21)15-13-18-9-12-22(15)16(23)7-8-20-26(24,25)14-5-3-2-4-6-14;/h2-6,10-11,15,18,20H,7-9,12-13H2,1H3;1H. The maximum atomic E-state index is 12.7. The Kier molecular flexibility index (Phi) is 7.37. The number of benzene rings is 1. The van der Waals surface area contributed by atoms with Crippen LogP contribution in [0, 0.1) is 0 Å². The van der Waals surface area contributed by atoms with Crippen LogP contribution in [0.15, 0.2) is 47.6 Å². The SMILES string of the molecule is Cl.Cn1ccnc1C1CNCCN1C(=O)CCNS(=O)(=O)c1ccccc1. The van der Waals surface area contributed by atoms with E-state index < -0.39 is 10.0 Å². The molecule has 10 heteroatoms. The van der Waals surface area contributed by atoms with Crippen molar-refractivity contribution >= 4 is 28.3 Å². The fourth-order valence-electron chi connectivity index (χ4n) is 3.05. The Hall–Kier alpha value is -1.94. The number of nitrogens with zero attached hydrogens (tertiary/aromatic N) is 3. The van der Waals surface area contributed by atoms with Gasteiger partial charge >= 0.3 is 0 Å². The molecule has 1 aliphatic rings. The highest BCUT2D eigenvalue weighted by atomic mass is 35.5. The van der Waals surface area contributed by atoms with Crippen molar-refractivity contribution in [3.8, 4) is 0 Å². The number of halogens is 1. The van der Waals surface area contributed by atoms with Gasteiger partial charge in [0.2, 0.25) is 15.9 Å². The number of nitrogens with one attached hydrogen (secondary N) is 2. The molecule has 0 radical (unpaired) electrons. The maximum absolute atomic E-state index is 12.7. The lowest BCUT2D eigenvalue weighted by Gasteiger charge is -2.35. The summed E-state index contributed by atoms with van der Waals surface area (Å²) in [6.45, 7) is 1.98.